The smallest absolute Gasteiger partial charge is 0.225 e. The fourth-order valence-electron chi connectivity index (χ4n) is 7.44. The van der Waals surface area contributed by atoms with Gasteiger partial charge < -0.3 is 0 Å². The first-order valence-electron chi connectivity index (χ1n) is 14.1. The highest BCUT2D eigenvalue weighted by Gasteiger charge is 2.35. The first-order chi connectivity index (χ1) is 17.7. The Kier molecular flexibility index (Phi) is 5.38. The Morgan fingerprint density at radius 3 is 1.94 bits per heavy atom. The molecule has 2 aliphatic carbocycles. The molecule has 182 valence electrons. The normalized spacial score (nSPS) is 17.6. The van der Waals surface area contributed by atoms with Gasteiger partial charge in [0.2, 0.25) is 0 Å². The van der Waals surface area contributed by atoms with Crippen LogP contribution in [0.2, 0.25) is 0 Å². The predicted molar refractivity (Wildman–Crippen MR) is 148 cm³/mol. The van der Waals surface area contributed by atoms with Crippen molar-refractivity contribution in [3.8, 4) is 28.2 Å². The summed E-state index contributed by atoms with van der Waals surface area (Å²) in [5.74, 6) is 2.68. The van der Waals surface area contributed by atoms with Gasteiger partial charge in [-0.3, -0.25) is 0 Å². The summed E-state index contributed by atoms with van der Waals surface area (Å²) < 4.78 is 5.04. The van der Waals surface area contributed by atoms with Crippen LogP contribution in [0.3, 0.4) is 0 Å². The van der Waals surface area contributed by atoms with Crippen molar-refractivity contribution in [3.05, 3.63) is 94.8 Å². The van der Waals surface area contributed by atoms with Gasteiger partial charge in [-0.05, 0) is 80.7 Å². The van der Waals surface area contributed by atoms with E-state index in [1.165, 1.54) is 96.3 Å². The molecule has 1 aliphatic heterocycles. The Morgan fingerprint density at radius 1 is 0.722 bits per heavy atom. The fourth-order valence-corrected chi connectivity index (χ4v) is 7.44. The molecule has 0 spiro atoms. The number of hydrogen-bond donors (Lipinski definition) is 0. The van der Waals surface area contributed by atoms with Crippen LogP contribution < -0.4 is 4.57 Å². The van der Waals surface area contributed by atoms with Gasteiger partial charge in [0.05, 0.1) is 5.56 Å². The van der Waals surface area contributed by atoms with Gasteiger partial charge >= 0.3 is 0 Å². The highest BCUT2D eigenvalue weighted by atomic mass is 15.2. The molecule has 0 N–H and O–H groups in total. The summed E-state index contributed by atoms with van der Waals surface area (Å²) in [5.41, 5.74) is 13.1. The molecule has 3 aromatic carbocycles. The molecule has 0 radical (unpaired) electrons. The number of benzene rings is 3. The van der Waals surface area contributed by atoms with Crippen molar-refractivity contribution in [1.82, 2.24) is 4.57 Å². The van der Waals surface area contributed by atoms with E-state index in [-0.39, 0.29) is 0 Å². The lowest BCUT2D eigenvalue weighted by atomic mass is 9.84. The van der Waals surface area contributed by atoms with Crippen LogP contribution in [0, 0.1) is 13.8 Å². The summed E-state index contributed by atoms with van der Waals surface area (Å²) in [6, 6.07) is 21.2. The molecule has 2 fully saturated rings. The maximum Gasteiger partial charge on any atom is 0.294 e. The van der Waals surface area contributed by atoms with Gasteiger partial charge in [0.25, 0.3) is 5.82 Å². The first-order valence-corrected chi connectivity index (χ1v) is 14.1. The third-order valence-electron chi connectivity index (χ3n) is 9.05. The van der Waals surface area contributed by atoms with Crippen molar-refractivity contribution in [1.29, 1.82) is 0 Å². The molecular formula is C34H37N2+. The van der Waals surface area contributed by atoms with E-state index < -0.39 is 0 Å². The van der Waals surface area contributed by atoms with E-state index in [1.54, 1.807) is 11.1 Å². The lowest BCUT2D eigenvalue weighted by Crippen LogP contribution is -2.30. The lowest BCUT2D eigenvalue weighted by Gasteiger charge is -2.23. The number of imidazole rings is 1. The summed E-state index contributed by atoms with van der Waals surface area (Å²) in [5, 5.41) is 0. The van der Waals surface area contributed by atoms with Gasteiger partial charge in [0.15, 0.2) is 0 Å². The average molecular weight is 474 g/mol. The van der Waals surface area contributed by atoms with E-state index >= 15 is 0 Å². The van der Waals surface area contributed by atoms with Crippen LogP contribution in [0.5, 0.6) is 0 Å². The molecule has 2 heterocycles. The Morgan fingerprint density at radius 2 is 1.31 bits per heavy atom. The summed E-state index contributed by atoms with van der Waals surface area (Å²) >= 11 is 0. The molecule has 0 unspecified atom stereocenters. The van der Waals surface area contributed by atoms with Crippen LogP contribution in [0.15, 0.2) is 67.0 Å². The molecule has 1 aromatic heterocycles. The second-order valence-corrected chi connectivity index (χ2v) is 11.6. The fraction of sp³-hybridized carbons (Fsp3) is 0.382. The van der Waals surface area contributed by atoms with Gasteiger partial charge in [0.1, 0.15) is 24.6 Å². The average Bonchev–Trinajstić information content (AvgIpc) is 3.68. The molecule has 0 saturated heterocycles. The van der Waals surface area contributed by atoms with Gasteiger partial charge in [-0.2, -0.15) is 4.57 Å². The molecule has 7 rings (SSSR count). The SMILES string of the molecule is Cc1cc(C)cc(-c2cc(C3CCCC3)c(-n3cc[n+]4c3-c3ccccc3C4)c(C3CCCC3)c2)c1. The van der Waals surface area contributed by atoms with Gasteiger partial charge in [0, 0.05) is 16.7 Å². The minimum Gasteiger partial charge on any atom is -0.225 e. The third-order valence-corrected chi connectivity index (χ3v) is 9.05. The summed E-state index contributed by atoms with van der Waals surface area (Å²) in [6.45, 7) is 5.45. The van der Waals surface area contributed by atoms with Gasteiger partial charge in [-0.25, -0.2) is 4.57 Å². The number of aromatic nitrogens is 2. The Hall–Kier alpha value is -3.13. The standard InChI is InChI=1S/C34H37N2/c1-23-17-24(2)19-28(18-23)29-20-31(25-9-3-4-10-25)33(32(21-29)26-11-5-6-12-26)36-16-15-35-22-27-13-7-8-14-30(27)34(35)36/h7-8,13-21,25-26H,3-6,9-12,22H2,1-2H3/q+1. The minimum absolute atomic E-state index is 0.658. The summed E-state index contributed by atoms with van der Waals surface area (Å²) in [6.07, 6.45) is 15.4. The number of nitrogens with zero attached hydrogens (tertiary/aromatic N) is 2. The topological polar surface area (TPSA) is 8.81 Å². The number of rotatable bonds is 4. The number of hydrogen-bond acceptors (Lipinski definition) is 0. The first kappa shape index (κ1) is 22.1. The molecule has 2 saturated carbocycles. The van der Waals surface area contributed by atoms with Crippen LogP contribution in [-0.4, -0.2) is 4.57 Å². The Bertz CT molecular complexity index is 1390. The molecular weight excluding hydrogens is 436 g/mol. The zero-order chi connectivity index (χ0) is 24.2. The molecule has 0 bridgehead atoms. The van der Waals surface area contributed by atoms with Crippen LogP contribution >= 0.6 is 0 Å². The molecule has 36 heavy (non-hydrogen) atoms. The van der Waals surface area contributed by atoms with Crippen LogP contribution in [0.4, 0.5) is 0 Å². The van der Waals surface area contributed by atoms with E-state index in [9.17, 15) is 0 Å². The van der Waals surface area contributed by atoms with Crippen molar-refractivity contribution in [2.75, 3.05) is 0 Å². The highest BCUT2D eigenvalue weighted by molar-refractivity contribution is 5.73. The lowest BCUT2D eigenvalue weighted by molar-refractivity contribution is -0.671. The summed E-state index contributed by atoms with van der Waals surface area (Å²) in [4.78, 5) is 0. The van der Waals surface area contributed by atoms with Crippen LogP contribution in [0.1, 0.15) is 91.0 Å². The predicted octanol–water partition coefficient (Wildman–Crippen LogP) is 8.39. The highest BCUT2D eigenvalue weighted by Crippen LogP contribution is 2.46. The summed E-state index contributed by atoms with van der Waals surface area (Å²) in [7, 11) is 0. The van der Waals surface area contributed by atoms with E-state index in [1.807, 2.05) is 0 Å². The van der Waals surface area contributed by atoms with E-state index in [2.05, 4.69) is 90.0 Å². The van der Waals surface area contributed by atoms with E-state index in [0.717, 1.165) is 6.54 Å². The Labute approximate surface area is 215 Å². The molecule has 0 atom stereocenters. The number of aryl methyl sites for hydroxylation is 2. The van der Waals surface area contributed by atoms with Crippen molar-refractivity contribution >= 4 is 0 Å². The van der Waals surface area contributed by atoms with Crippen molar-refractivity contribution in [2.24, 2.45) is 0 Å². The largest absolute Gasteiger partial charge is 0.294 e. The maximum atomic E-state index is 2.58. The molecule has 4 aromatic rings. The molecule has 0 amide bonds. The Balaban J connectivity index is 1.50. The quantitative estimate of drug-likeness (QED) is 0.232. The van der Waals surface area contributed by atoms with Crippen molar-refractivity contribution in [2.45, 2.75) is 83.6 Å². The second-order valence-electron chi connectivity index (χ2n) is 11.6. The van der Waals surface area contributed by atoms with Gasteiger partial charge in [-0.15, -0.1) is 0 Å². The third kappa shape index (κ3) is 3.65. The zero-order valence-electron chi connectivity index (χ0n) is 21.8. The van der Waals surface area contributed by atoms with E-state index in [4.69, 9.17) is 0 Å². The minimum atomic E-state index is 0.658. The van der Waals surface area contributed by atoms with Crippen molar-refractivity contribution < 1.29 is 4.57 Å². The van der Waals surface area contributed by atoms with Crippen LogP contribution in [0.25, 0.3) is 28.2 Å². The van der Waals surface area contributed by atoms with Crippen LogP contribution in [-0.2, 0) is 6.54 Å². The monoisotopic (exact) mass is 473 g/mol. The maximum absolute atomic E-state index is 2.58. The zero-order valence-corrected chi connectivity index (χ0v) is 21.8. The number of fused-ring (bicyclic) bond motifs is 3. The molecule has 2 nitrogen and oxygen atoms in total. The van der Waals surface area contributed by atoms with Gasteiger partial charge in [-0.1, -0.05) is 73.2 Å². The molecule has 2 heteroatoms. The van der Waals surface area contributed by atoms with Crippen molar-refractivity contribution in [3.63, 3.8) is 0 Å². The second kappa shape index (κ2) is 8.76. The molecule has 3 aliphatic rings. The van der Waals surface area contributed by atoms with E-state index in [0.29, 0.717) is 11.8 Å².